The maximum absolute atomic E-state index is 12.4. The summed E-state index contributed by atoms with van der Waals surface area (Å²) in [5.74, 6) is -0.135. The number of aromatic nitrogens is 1. The molecule has 0 aliphatic rings. The molecule has 0 fully saturated rings. The maximum atomic E-state index is 12.4. The Hall–Kier alpha value is -2.91. The third kappa shape index (κ3) is 5.30. The second-order valence-electron chi connectivity index (χ2n) is 5.92. The fraction of sp³-hybridized carbons (Fsp3) is 0.0909. The van der Waals surface area contributed by atoms with Crippen LogP contribution in [0.15, 0.2) is 85.2 Å². The molecule has 0 bridgehead atoms. The van der Waals surface area contributed by atoms with Crippen molar-refractivity contribution in [2.24, 2.45) is 0 Å². The lowest BCUT2D eigenvalue weighted by atomic mass is 9.99. The smallest absolute Gasteiger partial charge is 0.244 e. The Kier molecular flexibility index (Phi) is 6.18. The lowest BCUT2D eigenvalue weighted by Crippen LogP contribution is -2.28. The van der Waals surface area contributed by atoms with Gasteiger partial charge in [-0.1, -0.05) is 54.1 Å². The van der Waals surface area contributed by atoms with Crippen LogP contribution in [0.1, 0.15) is 22.7 Å². The zero-order valence-corrected chi connectivity index (χ0v) is 14.9. The minimum Gasteiger partial charge on any atom is -0.345 e. The van der Waals surface area contributed by atoms with E-state index in [1.807, 2.05) is 66.7 Å². The highest BCUT2D eigenvalue weighted by Gasteiger charge is 2.14. The first kappa shape index (κ1) is 17.9. The molecule has 1 N–H and O–H groups in total. The molecular weight excluding hydrogens is 344 g/mol. The van der Waals surface area contributed by atoms with Crippen LogP contribution >= 0.6 is 11.6 Å². The van der Waals surface area contributed by atoms with Crippen LogP contribution in [-0.2, 0) is 11.2 Å². The Balaban J connectivity index is 1.74. The number of pyridine rings is 1. The molecule has 1 atom stereocenters. The van der Waals surface area contributed by atoms with Gasteiger partial charge in [0.05, 0.1) is 6.04 Å². The summed E-state index contributed by atoms with van der Waals surface area (Å²) in [6.45, 7) is 0. The van der Waals surface area contributed by atoms with E-state index in [2.05, 4.69) is 10.3 Å². The summed E-state index contributed by atoms with van der Waals surface area (Å²) in [4.78, 5) is 16.4. The van der Waals surface area contributed by atoms with Crippen molar-refractivity contribution >= 4 is 23.6 Å². The normalized spacial score (nSPS) is 12.0. The molecule has 3 rings (SSSR count). The minimum atomic E-state index is -0.135. The third-order valence-corrected chi connectivity index (χ3v) is 4.26. The summed E-state index contributed by atoms with van der Waals surface area (Å²) in [7, 11) is 0. The predicted octanol–water partition coefficient (Wildman–Crippen LogP) is 4.85. The van der Waals surface area contributed by atoms with Crippen molar-refractivity contribution < 1.29 is 4.79 Å². The molecule has 0 saturated heterocycles. The SMILES string of the molecule is O=C(/C=C/c1ccncc1)NC(Cc1ccc(Cl)cc1)c1ccccc1. The number of carbonyl (C=O) groups is 1. The second kappa shape index (κ2) is 8.97. The molecule has 130 valence electrons. The van der Waals surface area contributed by atoms with E-state index in [0.717, 1.165) is 16.7 Å². The highest BCUT2D eigenvalue weighted by atomic mass is 35.5. The first-order valence-electron chi connectivity index (χ1n) is 8.39. The molecule has 2 aromatic carbocycles. The van der Waals surface area contributed by atoms with Gasteiger partial charge in [-0.05, 0) is 53.5 Å². The number of carbonyl (C=O) groups excluding carboxylic acids is 1. The highest BCUT2D eigenvalue weighted by molar-refractivity contribution is 6.30. The van der Waals surface area contributed by atoms with Gasteiger partial charge in [-0.25, -0.2) is 0 Å². The lowest BCUT2D eigenvalue weighted by Gasteiger charge is -2.19. The highest BCUT2D eigenvalue weighted by Crippen LogP contribution is 2.20. The van der Waals surface area contributed by atoms with Crippen LogP contribution in [-0.4, -0.2) is 10.9 Å². The average Bonchev–Trinajstić information content (AvgIpc) is 2.69. The van der Waals surface area contributed by atoms with Crippen molar-refractivity contribution in [3.8, 4) is 0 Å². The number of hydrogen-bond donors (Lipinski definition) is 1. The largest absolute Gasteiger partial charge is 0.345 e. The molecule has 3 aromatic rings. The molecule has 26 heavy (non-hydrogen) atoms. The van der Waals surface area contributed by atoms with Gasteiger partial charge in [0.25, 0.3) is 0 Å². The van der Waals surface area contributed by atoms with Gasteiger partial charge in [-0.15, -0.1) is 0 Å². The predicted molar refractivity (Wildman–Crippen MR) is 106 cm³/mol. The standard InChI is InChI=1S/C22H19ClN2O/c23-20-9-6-18(7-10-20)16-21(19-4-2-1-3-5-19)25-22(26)11-8-17-12-14-24-15-13-17/h1-15,21H,16H2,(H,25,26)/b11-8+. The summed E-state index contributed by atoms with van der Waals surface area (Å²) >= 11 is 5.97. The van der Waals surface area contributed by atoms with Crippen LogP contribution in [0, 0.1) is 0 Å². The van der Waals surface area contributed by atoms with E-state index in [9.17, 15) is 4.79 Å². The van der Waals surface area contributed by atoms with Crippen molar-refractivity contribution in [3.05, 3.63) is 107 Å². The number of halogens is 1. The topological polar surface area (TPSA) is 42.0 Å². The number of hydrogen-bond acceptors (Lipinski definition) is 2. The fourth-order valence-corrected chi connectivity index (χ4v) is 2.79. The van der Waals surface area contributed by atoms with Crippen molar-refractivity contribution in [3.63, 3.8) is 0 Å². The van der Waals surface area contributed by atoms with E-state index in [1.165, 1.54) is 0 Å². The Bertz CT molecular complexity index is 862. The fourth-order valence-electron chi connectivity index (χ4n) is 2.66. The van der Waals surface area contributed by atoms with Crippen LogP contribution in [0.25, 0.3) is 6.08 Å². The van der Waals surface area contributed by atoms with Gasteiger partial charge in [0.2, 0.25) is 5.91 Å². The minimum absolute atomic E-state index is 0.119. The van der Waals surface area contributed by atoms with Crippen molar-refractivity contribution in [2.45, 2.75) is 12.5 Å². The summed E-state index contributed by atoms with van der Waals surface area (Å²) in [5.41, 5.74) is 3.11. The Morgan fingerprint density at radius 1 is 1.00 bits per heavy atom. The van der Waals surface area contributed by atoms with Crippen molar-refractivity contribution in [2.75, 3.05) is 0 Å². The first-order chi connectivity index (χ1) is 12.7. The molecular formula is C22H19ClN2O. The van der Waals surface area contributed by atoms with Crippen LogP contribution in [0.2, 0.25) is 5.02 Å². The monoisotopic (exact) mass is 362 g/mol. The molecule has 1 amide bonds. The van der Waals surface area contributed by atoms with Crippen molar-refractivity contribution in [1.29, 1.82) is 0 Å². The van der Waals surface area contributed by atoms with Gasteiger partial charge < -0.3 is 5.32 Å². The van der Waals surface area contributed by atoms with Gasteiger partial charge in [-0.3, -0.25) is 9.78 Å². The first-order valence-corrected chi connectivity index (χ1v) is 8.76. The van der Waals surface area contributed by atoms with E-state index in [4.69, 9.17) is 11.6 Å². The second-order valence-corrected chi connectivity index (χ2v) is 6.35. The molecule has 4 heteroatoms. The number of nitrogens with zero attached hydrogens (tertiary/aromatic N) is 1. The zero-order valence-electron chi connectivity index (χ0n) is 14.2. The quantitative estimate of drug-likeness (QED) is 0.637. The van der Waals surface area contributed by atoms with Gasteiger partial charge in [0, 0.05) is 23.5 Å². The third-order valence-electron chi connectivity index (χ3n) is 4.00. The average molecular weight is 363 g/mol. The molecule has 0 spiro atoms. The summed E-state index contributed by atoms with van der Waals surface area (Å²) < 4.78 is 0. The number of rotatable bonds is 6. The molecule has 0 saturated carbocycles. The molecule has 1 unspecified atom stereocenters. The van der Waals surface area contributed by atoms with Gasteiger partial charge in [0.1, 0.15) is 0 Å². The Morgan fingerprint density at radius 3 is 2.38 bits per heavy atom. The van der Waals surface area contributed by atoms with E-state index in [0.29, 0.717) is 11.4 Å². The van der Waals surface area contributed by atoms with E-state index < -0.39 is 0 Å². The van der Waals surface area contributed by atoms with E-state index in [1.54, 1.807) is 24.5 Å². The van der Waals surface area contributed by atoms with E-state index in [-0.39, 0.29) is 11.9 Å². The molecule has 0 radical (unpaired) electrons. The van der Waals surface area contributed by atoms with Crippen LogP contribution in [0.4, 0.5) is 0 Å². The summed E-state index contributed by atoms with van der Waals surface area (Å²) in [6, 6.07) is 21.2. The molecule has 0 aliphatic heterocycles. The number of nitrogens with one attached hydrogen (secondary N) is 1. The number of amides is 1. The van der Waals surface area contributed by atoms with Crippen LogP contribution in [0.5, 0.6) is 0 Å². The van der Waals surface area contributed by atoms with Gasteiger partial charge in [0.15, 0.2) is 0 Å². The molecule has 1 heterocycles. The summed E-state index contributed by atoms with van der Waals surface area (Å²) in [5, 5.41) is 3.80. The van der Waals surface area contributed by atoms with Crippen molar-refractivity contribution in [1.82, 2.24) is 10.3 Å². The molecule has 3 nitrogen and oxygen atoms in total. The molecule has 1 aromatic heterocycles. The van der Waals surface area contributed by atoms with Gasteiger partial charge in [-0.2, -0.15) is 0 Å². The zero-order chi connectivity index (χ0) is 18.2. The van der Waals surface area contributed by atoms with Gasteiger partial charge >= 0.3 is 0 Å². The Morgan fingerprint density at radius 2 is 1.69 bits per heavy atom. The van der Waals surface area contributed by atoms with Crippen LogP contribution < -0.4 is 5.32 Å². The summed E-state index contributed by atoms with van der Waals surface area (Å²) in [6.07, 6.45) is 7.42. The maximum Gasteiger partial charge on any atom is 0.244 e. The number of benzene rings is 2. The Labute approximate surface area is 158 Å². The van der Waals surface area contributed by atoms with Crippen LogP contribution in [0.3, 0.4) is 0 Å². The molecule has 0 aliphatic carbocycles. The van der Waals surface area contributed by atoms with E-state index >= 15 is 0 Å². The lowest BCUT2D eigenvalue weighted by molar-refractivity contribution is -0.117.